The zero-order valence-corrected chi connectivity index (χ0v) is 12.8. The minimum atomic E-state index is -3.66. The second kappa shape index (κ2) is 7.81. The number of aliphatic hydroxyl groups is 1. The topological polar surface area (TPSA) is 84.9 Å². The number of nitrogens with one attached hydrogen (secondary N) is 1. The van der Waals surface area contributed by atoms with Crippen LogP contribution in [0.15, 0.2) is 27.6 Å². The molecule has 2 N–H and O–H groups in total. The van der Waals surface area contributed by atoms with Crippen molar-refractivity contribution in [2.75, 3.05) is 33.5 Å². The summed E-state index contributed by atoms with van der Waals surface area (Å²) in [5.41, 5.74) is 0. The number of hydrogen-bond acceptors (Lipinski definition) is 5. The van der Waals surface area contributed by atoms with Gasteiger partial charge < -0.3 is 14.6 Å². The van der Waals surface area contributed by atoms with Gasteiger partial charge in [0.25, 0.3) is 0 Å². The van der Waals surface area contributed by atoms with Crippen LogP contribution in [0.2, 0.25) is 0 Å². The Bertz CT molecular complexity index is 506. The Morgan fingerprint density at radius 2 is 2.11 bits per heavy atom. The molecule has 0 fully saturated rings. The number of ether oxygens (including phenoxy) is 2. The van der Waals surface area contributed by atoms with E-state index in [-0.39, 0.29) is 37.0 Å². The van der Waals surface area contributed by atoms with E-state index >= 15 is 0 Å². The quantitative estimate of drug-likeness (QED) is 0.673. The summed E-state index contributed by atoms with van der Waals surface area (Å²) in [5, 5.41) is 8.52. The lowest BCUT2D eigenvalue weighted by molar-refractivity contribution is 0.0961. The minimum Gasteiger partial charge on any atom is -0.495 e. The van der Waals surface area contributed by atoms with Gasteiger partial charge >= 0.3 is 0 Å². The van der Waals surface area contributed by atoms with E-state index in [0.717, 1.165) is 0 Å². The summed E-state index contributed by atoms with van der Waals surface area (Å²) in [7, 11) is -2.25. The lowest BCUT2D eigenvalue weighted by atomic mass is 10.3. The number of benzene rings is 1. The fourth-order valence-corrected chi connectivity index (χ4v) is 3.07. The molecule has 0 saturated heterocycles. The van der Waals surface area contributed by atoms with Crippen LogP contribution < -0.4 is 9.46 Å². The van der Waals surface area contributed by atoms with Gasteiger partial charge in [-0.1, -0.05) is 15.9 Å². The number of hydrogen-bond donors (Lipinski definition) is 2. The van der Waals surface area contributed by atoms with Crippen molar-refractivity contribution in [3.05, 3.63) is 22.7 Å². The van der Waals surface area contributed by atoms with E-state index in [1.54, 1.807) is 12.1 Å². The Morgan fingerprint density at radius 3 is 2.74 bits per heavy atom. The van der Waals surface area contributed by atoms with Crippen LogP contribution >= 0.6 is 15.9 Å². The van der Waals surface area contributed by atoms with Crippen molar-refractivity contribution >= 4 is 26.0 Å². The third kappa shape index (κ3) is 5.07. The van der Waals surface area contributed by atoms with Crippen molar-refractivity contribution in [3.63, 3.8) is 0 Å². The van der Waals surface area contributed by atoms with Gasteiger partial charge in [0.1, 0.15) is 10.6 Å². The highest BCUT2D eigenvalue weighted by atomic mass is 79.9. The molecule has 1 rings (SSSR count). The molecule has 0 unspecified atom stereocenters. The molecule has 0 aliphatic rings. The van der Waals surface area contributed by atoms with Gasteiger partial charge in [-0.15, -0.1) is 0 Å². The Hall–Kier alpha value is -0.670. The average Bonchev–Trinajstić information content (AvgIpc) is 2.38. The molecule has 0 saturated carbocycles. The van der Waals surface area contributed by atoms with Gasteiger partial charge in [-0.05, 0) is 18.2 Å². The molecule has 0 spiro atoms. The summed E-state index contributed by atoms with van der Waals surface area (Å²) < 4.78 is 37.2. The zero-order valence-electron chi connectivity index (χ0n) is 10.4. The van der Waals surface area contributed by atoms with Crippen LogP contribution in [0.3, 0.4) is 0 Å². The monoisotopic (exact) mass is 353 g/mol. The molecular weight excluding hydrogens is 338 g/mol. The van der Waals surface area contributed by atoms with E-state index in [4.69, 9.17) is 14.6 Å². The van der Waals surface area contributed by atoms with E-state index in [2.05, 4.69) is 20.7 Å². The summed E-state index contributed by atoms with van der Waals surface area (Å²) in [5.74, 6) is 0.270. The number of rotatable bonds is 8. The normalized spacial score (nSPS) is 11.5. The highest BCUT2D eigenvalue weighted by Crippen LogP contribution is 2.26. The molecule has 0 aliphatic carbocycles. The predicted molar refractivity (Wildman–Crippen MR) is 73.8 cm³/mol. The van der Waals surface area contributed by atoms with Crippen molar-refractivity contribution in [3.8, 4) is 5.75 Å². The smallest absolute Gasteiger partial charge is 0.244 e. The SMILES string of the molecule is COc1ccc(Br)cc1S(=O)(=O)NCCOCCO. The van der Waals surface area contributed by atoms with Crippen LogP contribution in [0.25, 0.3) is 0 Å². The number of aliphatic hydroxyl groups excluding tert-OH is 1. The molecule has 0 heterocycles. The summed E-state index contributed by atoms with van der Waals surface area (Å²) in [6.45, 7) is 0.405. The molecule has 6 nitrogen and oxygen atoms in total. The highest BCUT2D eigenvalue weighted by Gasteiger charge is 2.19. The van der Waals surface area contributed by atoms with Gasteiger partial charge in [0.2, 0.25) is 10.0 Å². The third-order valence-electron chi connectivity index (χ3n) is 2.19. The number of halogens is 1. The van der Waals surface area contributed by atoms with Gasteiger partial charge in [0.15, 0.2) is 0 Å². The fourth-order valence-electron chi connectivity index (χ4n) is 1.35. The molecule has 0 atom stereocenters. The van der Waals surface area contributed by atoms with E-state index in [1.165, 1.54) is 13.2 Å². The van der Waals surface area contributed by atoms with Crippen LogP contribution in [0.5, 0.6) is 5.75 Å². The molecule has 0 aliphatic heterocycles. The summed E-state index contributed by atoms with van der Waals surface area (Å²) in [4.78, 5) is 0.0616. The minimum absolute atomic E-state index is 0.0616. The Kier molecular flexibility index (Phi) is 6.73. The van der Waals surface area contributed by atoms with E-state index in [9.17, 15) is 8.42 Å². The summed E-state index contributed by atoms with van der Waals surface area (Å²) in [6.07, 6.45) is 0. The van der Waals surface area contributed by atoms with Crippen molar-refractivity contribution in [2.24, 2.45) is 0 Å². The molecule has 0 amide bonds. The maximum atomic E-state index is 12.1. The largest absolute Gasteiger partial charge is 0.495 e. The first-order valence-electron chi connectivity index (χ1n) is 5.53. The average molecular weight is 354 g/mol. The molecule has 8 heteroatoms. The maximum absolute atomic E-state index is 12.1. The third-order valence-corrected chi connectivity index (χ3v) is 4.16. The van der Waals surface area contributed by atoms with Crippen LogP contribution in [-0.2, 0) is 14.8 Å². The lowest BCUT2D eigenvalue weighted by Gasteiger charge is -2.11. The van der Waals surface area contributed by atoms with Crippen LogP contribution in [0.4, 0.5) is 0 Å². The van der Waals surface area contributed by atoms with Crippen molar-refractivity contribution in [1.29, 1.82) is 0 Å². The fraction of sp³-hybridized carbons (Fsp3) is 0.455. The van der Waals surface area contributed by atoms with Gasteiger partial charge in [-0.2, -0.15) is 0 Å². The predicted octanol–water partition coefficient (Wildman–Crippen LogP) is 0.745. The molecule has 19 heavy (non-hydrogen) atoms. The molecule has 1 aromatic rings. The van der Waals surface area contributed by atoms with Gasteiger partial charge in [0.05, 0.1) is 26.9 Å². The molecule has 1 aromatic carbocycles. The molecule has 0 radical (unpaired) electrons. The van der Waals surface area contributed by atoms with Gasteiger partial charge in [0, 0.05) is 11.0 Å². The Labute approximate surface area is 120 Å². The molecule has 0 aromatic heterocycles. The number of sulfonamides is 1. The van der Waals surface area contributed by atoms with Crippen LogP contribution in [0.1, 0.15) is 0 Å². The van der Waals surface area contributed by atoms with E-state index in [0.29, 0.717) is 4.47 Å². The molecular formula is C11H16BrNO5S. The van der Waals surface area contributed by atoms with Crippen LogP contribution in [0, 0.1) is 0 Å². The Balaban J connectivity index is 2.74. The van der Waals surface area contributed by atoms with Crippen molar-refractivity contribution < 1.29 is 23.0 Å². The summed E-state index contributed by atoms with van der Waals surface area (Å²) >= 11 is 3.22. The zero-order chi connectivity index (χ0) is 14.3. The second-order valence-electron chi connectivity index (χ2n) is 3.53. The highest BCUT2D eigenvalue weighted by molar-refractivity contribution is 9.10. The van der Waals surface area contributed by atoms with Gasteiger partial charge in [-0.25, -0.2) is 13.1 Å². The van der Waals surface area contributed by atoms with Crippen molar-refractivity contribution in [1.82, 2.24) is 4.72 Å². The Morgan fingerprint density at radius 1 is 1.37 bits per heavy atom. The molecule has 108 valence electrons. The first kappa shape index (κ1) is 16.4. The van der Waals surface area contributed by atoms with Gasteiger partial charge in [-0.3, -0.25) is 0 Å². The molecule has 0 bridgehead atoms. The lowest BCUT2D eigenvalue weighted by Crippen LogP contribution is -2.28. The summed E-state index contributed by atoms with van der Waals surface area (Å²) in [6, 6.07) is 4.73. The van der Waals surface area contributed by atoms with Crippen LogP contribution in [-0.4, -0.2) is 47.0 Å². The van der Waals surface area contributed by atoms with Crippen molar-refractivity contribution in [2.45, 2.75) is 4.90 Å². The maximum Gasteiger partial charge on any atom is 0.244 e. The standard InChI is InChI=1S/C11H16BrNO5S/c1-17-10-3-2-9(12)8-11(10)19(15,16)13-4-6-18-7-5-14/h2-3,8,13-14H,4-7H2,1H3. The second-order valence-corrected chi connectivity index (χ2v) is 6.18. The van der Waals surface area contributed by atoms with E-state index < -0.39 is 10.0 Å². The first-order valence-corrected chi connectivity index (χ1v) is 7.80. The van der Waals surface area contributed by atoms with E-state index in [1.807, 2.05) is 0 Å². The number of methoxy groups -OCH3 is 1. The first-order chi connectivity index (χ1) is 9.01.